The summed E-state index contributed by atoms with van der Waals surface area (Å²) >= 11 is 0. The Kier molecular flexibility index (Phi) is 5.41. The van der Waals surface area contributed by atoms with E-state index in [-0.39, 0.29) is 17.7 Å². The quantitative estimate of drug-likeness (QED) is 0.709. The molecule has 1 saturated carbocycles. The monoisotopic (exact) mass is 241 g/mol. The molecule has 0 radical (unpaired) electrons. The van der Waals surface area contributed by atoms with Crippen molar-refractivity contribution in [2.24, 2.45) is 17.6 Å². The minimum atomic E-state index is -0.180. The Hall–Kier alpha value is -1.10. The second kappa shape index (κ2) is 6.59. The van der Waals surface area contributed by atoms with Crippen LogP contribution in [-0.4, -0.2) is 43.9 Å². The largest absolute Gasteiger partial charge is 0.369 e. The van der Waals surface area contributed by atoms with Crippen LogP contribution < -0.4 is 11.1 Å². The Balaban J connectivity index is 2.18. The van der Waals surface area contributed by atoms with Crippen molar-refractivity contribution in [1.29, 1.82) is 0 Å². The summed E-state index contributed by atoms with van der Waals surface area (Å²) in [4.78, 5) is 24.3. The van der Waals surface area contributed by atoms with E-state index in [1.54, 1.807) is 0 Å². The molecule has 0 aromatic rings. The molecule has 5 nitrogen and oxygen atoms in total. The maximum absolute atomic E-state index is 11.4. The first kappa shape index (κ1) is 14.0. The van der Waals surface area contributed by atoms with Crippen LogP contribution >= 0.6 is 0 Å². The molecule has 1 aliphatic carbocycles. The van der Waals surface area contributed by atoms with Gasteiger partial charge in [-0.3, -0.25) is 9.59 Å². The molecule has 0 atom stereocenters. The molecular weight excluding hydrogens is 218 g/mol. The molecule has 0 spiro atoms. The van der Waals surface area contributed by atoms with E-state index in [0.29, 0.717) is 12.5 Å². The van der Waals surface area contributed by atoms with E-state index in [1.165, 1.54) is 0 Å². The zero-order valence-electron chi connectivity index (χ0n) is 10.7. The molecule has 0 saturated heterocycles. The number of hydrogen-bond donors (Lipinski definition) is 2. The van der Waals surface area contributed by atoms with Crippen molar-refractivity contribution in [3.63, 3.8) is 0 Å². The van der Waals surface area contributed by atoms with Gasteiger partial charge in [0.25, 0.3) is 0 Å². The van der Waals surface area contributed by atoms with Gasteiger partial charge >= 0.3 is 0 Å². The first-order valence-corrected chi connectivity index (χ1v) is 6.19. The number of nitrogens with two attached hydrogens (primary N) is 1. The summed E-state index contributed by atoms with van der Waals surface area (Å²) in [5.41, 5.74) is 5.28. The van der Waals surface area contributed by atoms with Gasteiger partial charge in [-0.25, -0.2) is 0 Å². The van der Waals surface area contributed by atoms with E-state index in [0.717, 1.165) is 32.2 Å². The molecule has 1 fully saturated rings. The van der Waals surface area contributed by atoms with Crippen molar-refractivity contribution >= 4 is 11.8 Å². The van der Waals surface area contributed by atoms with Crippen LogP contribution in [0, 0.1) is 11.8 Å². The summed E-state index contributed by atoms with van der Waals surface area (Å²) in [7, 11) is 3.75. The maximum Gasteiger partial charge on any atom is 0.234 e. The number of amides is 2. The molecule has 3 N–H and O–H groups in total. The zero-order valence-corrected chi connectivity index (χ0v) is 10.7. The predicted octanol–water partition coefficient (Wildman–Crippen LogP) is -0.0441. The van der Waals surface area contributed by atoms with E-state index in [4.69, 9.17) is 5.73 Å². The van der Waals surface area contributed by atoms with Crippen LogP contribution in [-0.2, 0) is 9.59 Å². The van der Waals surface area contributed by atoms with E-state index < -0.39 is 0 Å². The molecule has 2 amide bonds. The SMILES string of the molecule is CN(C)CC(=O)NCC1CCC(C(N)=O)CC1. The zero-order chi connectivity index (χ0) is 12.8. The van der Waals surface area contributed by atoms with Crippen molar-refractivity contribution < 1.29 is 9.59 Å². The summed E-state index contributed by atoms with van der Waals surface area (Å²) in [5.74, 6) is 0.424. The van der Waals surface area contributed by atoms with Gasteiger partial charge in [0.1, 0.15) is 0 Å². The third-order valence-electron chi connectivity index (χ3n) is 3.30. The van der Waals surface area contributed by atoms with Gasteiger partial charge in [0.15, 0.2) is 0 Å². The number of carbonyl (C=O) groups excluding carboxylic acids is 2. The molecule has 1 aliphatic rings. The van der Waals surface area contributed by atoms with Crippen LogP contribution in [0.5, 0.6) is 0 Å². The predicted molar refractivity (Wildman–Crippen MR) is 66.2 cm³/mol. The first-order chi connectivity index (χ1) is 7.99. The highest BCUT2D eigenvalue weighted by atomic mass is 16.2. The molecule has 0 aromatic heterocycles. The Morgan fingerprint density at radius 2 is 1.82 bits per heavy atom. The minimum absolute atomic E-state index is 0.0451. The molecule has 98 valence electrons. The second-order valence-electron chi connectivity index (χ2n) is 5.16. The van der Waals surface area contributed by atoms with E-state index in [2.05, 4.69) is 5.32 Å². The van der Waals surface area contributed by atoms with Gasteiger partial charge in [0.2, 0.25) is 11.8 Å². The molecule has 0 heterocycles. The van der Waals surface area contributed by atoms with Crippen LogP contribution in [0.3, 0.4) is 0 Å². The molecule has 5 heteroatoms. The first-order valence-electron chi connectivity index (χ1n) is 6.19. The number of carbonyl (C=O) groups is 2. The van der Waals surface area contributed by atoms with Crippen molar-refractivity contribution in [2.75, 3.05) is 27.2 Å². The molecule has 0 aliphatic heterocycles. The summed E-state index contributed by atoms with van der Waals surface area (Å²) in [6, 6.07) is 0. The van der Waals surface area contributed by atoms with Gasteiger partial charge < -0.3 is 16.0 Å². The maximum atomic E-state index is 11.4. The Morgan fingerprint density at radius 1 is 1.24 bits per heavy atom. The normalized spacial score (nSPS) is 24.6. The van der Waals surface area contributed by atoms with Crippen molar-refractivity contribution in [2.45, 2.75) is 25.7 Å². The fourth-order valence-electron chi connectivity index (χ4n) is 2.25. The average molecular weight is 241 g/mol. The summed E-state index contributed by atoms with van der Waals surface area (Å²) in [6.07, 6.45) is 3.69. The average Bonchev–Trinajstić information content (AvgIpc) is 2.26. The lowest BCUT2D eigenvalue weighted by atomic mass is 9.81. The van der Waals surface area contributed by atoms with Crippen LogP contribution in [0.1, 0.15) is 25.7 Å². The van der Waals surface area contributed by atoms with Crippen molar-refractivity contribution in [1.82, 2.24) is 10.2 Å². The van der Waals surface area contributed by atoms with Crippen LogP contribution in [0.25, 0.3) is 0 Å². The minimum Gasteiger partial charge on any atom is -0.369 e. The van der Waals surface area contributed by atoms with Gasteiger partial charge in [-0.2, -0.15) is 0 Å². The number of nitrogens with zero attached hydrogens (tertiary/aromatic N) is 1. The highest BCUT2D eigenvalue weighted by Gasteiger charge is 2.24. The highest BCUT2D eigenvalue weighted by molar-refractivity contribution is 5.78. The van der Waals surface area contributed by atoms with Crippen LogP contribution in [0.2, 0.25) is 0 Å². The van der Waals surface area contributed by atoms with E-state index >= 15 is 0 Å². The molecular formula is C12H23N3O2. The van der Waals surface area contributed by atoms with Gasteiger partial charge in [0.05, 0.1) is 6.54 Å². The molecule has 17 heavy (non-hydrogen) atoms. The molecule has 0 aromatic carbocycles. The number of hydrogen-bond acceptors (Lipinski definition) is 3. The van der Waals surface area contributed by atoms with E-state index in [9.17, 15) is 9.59 Å². The Morgan fingerprint density at radius 3 is 2.29 bits per heavy atom. The van der Waals surface area contributed by atoms with Crippen molar-refractivity contribution in [3.05, 3.63) is 0 Å². The Bertz CT molecular complexity index is 271. The lowest BCUT2D eigenvalue weighted by Gasteiger charge is -2.26. The molecule has 0 bridgehead atoms. The summed E-state index contributed by atoms with van der Waals surface area (Å²) < 4.78 is 0. The lowest BCUT2D eigenvalue weighted by Crippen LogP contribution is -2.37. The lowest BCUT2D eigenvalue weighted by molar-refractivity contribution is -0.124. The van der Waals surface area contributed by atoms with Crippen LogP contribution in [0.15, 0.2) is 0 Å². The third kappa shape index (κ3) is 5.17. The van der Waals surface area contributed by atoms with Crippen molar-refractivity contribution in [3.8, 4) is 0 Å². The fraction of sp³-hybridized carbons (Fsp3) is 0.833. The van der Waals surface area contributed by atoms with Gasteiger partial charge in [-0.05, 0) is 45.7 Å². The van der Waals surface area contributed by atoms with Gasteiger partial charge in [-0.15, -0.1) is 0 Å². The number of likely N-dealkylation sites (N-methyl/N-ethyl adjacent to an activating group) is 1. The summed E-state index contributed by atoms with van der Waals surface area (Å²) in [5, 5.41) is 2.93. The van der Waals surface area contributed by atoms with Crippen LogP contribution in [0.4, 0.5) is 0 Å². The highest BCUT2D eigenvalue weighted by Crippen LogP contribution is 2.27. The summed E-state index contributed by atoms with van der Waals surface area (Å²) in [6.45, 7) is 1.15. The number of primary amides is 1. The second-order valence-corrected chi connectivity index (χ2v) is 5.16. The fourth-order valence-corrected chi connectivity index (χ4v) is 2.25. The number of rotatable bonds is 5. The number of nitrogens with one attached hydrogen (secondary N) is 1. The molecule has 1 rings (SSSR count). The standard InChI is InChI=1S/C12H23N3O2/c1-15(2)8-11(16)14-7-9-3-5-10(6-4-9)12(13)17/h9-10H,3-8H2,1-2H3,(H2,13,17)(H,14,16). The molecule has 0 unspecified atom stereocenters. The third-order valence-corrected chi connectivity index (χ3v) is 3.30. The van der Waals surface area contributed by atoms with Gasteiger partial charge in [0, 0.05) is 12.5 Å². The van der Waals surface area contributed by atoms with Gasteiger partial charge in [-0.1, -0.05) is 0 Å². The van der Waals surface area contributed by atoms with E-state index in [1.807, 2.05) is 19.0 Å². The smallest absolute Gasteiger partial charge is 0.234 e. The Labute approximate surface area is 103 Å². The topological polar surface area (TPSA) is 75.4 Å².